The molecule has 0 aliphatic carbocycles. The molecular formula is C16H29N3S. The Morgan fingerprint density at radius 3 is 2.65 bits per heavy atom. The second-order valence-corrected chi connectivity index (χ2v) is 7.16. The molecule has 1 heterocycles. The van der Waals surface area contributed by atoms with Gasteiger partial charge in [0.15, 0.2) is 0 Å². The molecule has 20 heavy (non-hydrogen) atoms. The largest absolute Gasteiger partial charge is 0.356 e. The SMILES string of the molecule is CCC(CSC)N(C)c1cc(CNC(C)(C)C)ccn1. The van der Waals surface area contributed by atoms with Gasteiger partial charge in [0.1, 0.15) is 5.82 Å². The fourth-order valence-electron chi connectivity index (χ4n) is 2.01. The second kappa shape index (κ2) is 7.89. The molecular weight excluding hydrogens is 266 g/mol. The molecule has 1 N–H and O–H groups in total. The second-order valence-electron chi connectivity index (χ2n) is 6.25. The number of hydrogen-bond acceptors (Lipinski definition) is 4. The van der Waals surface area contributed by atoms with Gasteiger partial charge in [0, 0.05) is 37.1 Å². The summed E-state index contributed by atoms with van der Waals surface area (Å²) in [5.41, 5.74) is 1.43. The molecule has 1 rings (SSSR count). The highest BCUT2D eigenvalue weighted by Gasteiger charge is 2.14. The Balaban J connectivity index is 2.76. The number of nitrogens with one attached hydrogen (secondary N) is 1. The van der Waals surface area contributed by atoms with Crippen molar-refractivity contribution >= 4 is 17.6 Å². The van der Waals surface area contributed by atoms with Crippen molar-refractivity contribution in [3.63, 3.8) is 0 Å². The quantitative estimate of drug-likeness (QED) is 0.832. The van der Waals surface area contributed by atoms with E-state index in [0.717, 1.165) is 24.5 Å². The van der Waals surface area contributed by atoms with Gasteiger partial charge in [-0.1, -0.05) is 6.92 Å². The lowest BCUT2D eigenvalue weighted by Crippen LogP contribution is -2.35. The summed E-state index contributed by atoms with van der Waals surface area (Å²) in [7, 11) is 2.15. The van der Waals surface area contributed by atoms with Crippen LogP contribution >= 0.6 is 11.8 Å². The van der Waals surface area contributed by atoms with Crippen molar-refractivity contribution in [1.82, 2.24) is 10.3 Å². The molecule has 0 aliphatic heterocycles. The number of rotatable bonds is 7. The third-order valence-electron chi connectivity index (χ3n) is 3.37. The Labute approximate surface area is 128 Å². The van der Waals surface area contributed by atoms with Crippen LogP contribution in [0.25, 0.3) is 0 Å². The van der Waals surface area contributed by atoms with Crippen LogP contribution in [-0.4, -0.2) is 35.6 Å². The summed E-state index contributed by atoms with van der Waals surface area (Å²) in [5, 5.41) is 3.52. The molecule has 0 bridgehead atoms. The number of aromatic nitrogens is 1. The summed E-state index contributed by atoms with van der Waals surface area (Å²) in [6, 6.07) is 4.83. The summed E-state index contributed by atoms with van der Waals surface area (Å²) in [5.74, 6) is 2.21. The van der Waals surface area contributed by atoms with Gasteiger partial charge >= 0.3 is 0 Å². The third-order valence-corrected chi connectivity index (χ3v) is 4.09. The molecule has 3 nitrogen and oxygen atoms in total. The molecule has 1 aromatic heterocycles. The molecule has 0 aromatic carbocycles. The highest BCUT2D eigenvalue weighted by Crippen LogP contribution is 2.18. The molecule has 1 aromatic rings. The normalized spacial score (nSPS) is 13.3. The van der Waals surface area contributed by atoms with Crippen molar-refractivity contribution in [3.8, 4) is 0 Å². The maximum absolute atomic E-state index is 4.52. The molecule has 0 amide bonds. The zero-order valence-corrected chi connectivity index (χ0v) is 14.5. The fourth-order valence-corrected chi connectivity index (χ4v) is 2.86. The van der Waals surface area contributed by atoms with Gasteiger partial charge < -0.3 is 10.2 Å². The van der Waals surface area contributed by atoms with Gasteiger partial charge in [0.2, 0.25) is 0 Å². The molecule has 0 fully saturated rings. The van der Waals surface area contributed by atoms with Gasteiger partial charge in [-0.05, 0) is 51.1 Å². The molecule has 0 spiro atoms. The van der Waals surface area contributed by atoms with E-state index in [0.29, 0.717) is 6.04 Å². The Morgan fingerprint density at radius 1 is 1.40 bits per heavy atom. The van der Waals surface area contributed by atoms with E-state index in [1.54, 1.807) is 0 Å². The van der Waals surface area contributed by atoms with E-state index in [-0.39, 0.29) is 5.54 Å². The Morgan fingerprint density at radius 2 is 2.10 bits per heavy atom. The predicted octanol–water partition coefficient (Wildman–Crippen LogP) is 3.55. The van der Waals surface area contributed by atoms with Crippen LogP contribution in [0, 0.1) is 0 Å². The van der Waals surface area contributed by atoms with Gasteiger partial charge in [-0.3, -0.25) is 0 Å². The van der Waals surface area contributed by atoms with Crippen LogP contribution < -0.4 is 10.2 Å². The van der Waals surface area contributed by atoms with Gasteiger partial charge in [-0.15, -0.1) is 0 Å². The molecule has 114 valence electrons. The average Bonchev–Trinajstić information content (AvgIpc) is 2.41. The Kier molecular flexibility index (Phi) is 6.83. The van der Waals surface area contributed by atoms with Crippen LogP contribution in [0.2, 0.25) is 0 Å². The standard InChI is InChI=1S/C16H29N3S/c1-7-14(12-20-6)19(5)15-10-13(8-9-17-15)11-18-16(2,3)4/h8-10,14,18H,7,11-12H2,1-6H3. The summed E-state index contributed by atoms with van der Waals surface area (Å²) in [6.45, 7) is 9.68. The van der Waals surface area contributed by atoms with Crippen molar-refractivity contribution in [1.29, 1.82) is 0 Å². The van der Waals surface area contributed by atoms with Crippen molar-refractivity contribution in [2.24, 2.45) is 0 Å². The van der Waals surface area contributed by atoms with Crippen molar-refractivity contribution in [2.45, 2.75) is 52.2 Å². The maximum Gasteiger partial charge on any atom is 0.128 e. The predicted molar refractivity (Wildman–Crippen MR) is 91.7 cm³/mol. The summed E-state index contributed by atoms with van der Waals surface area (Å²) in [4.78, 5) is 6.83. The van der Waals surface area contributed by atoms with Crippen molar-refractivity contribution in [2.75, 3.05) is 24.0 Å². The molecule has 0 saturated carbocycles. The van der Waals surface area contributed by atoms with Crippen LogP contribution in [0.5, 0.6) is 0 Å². The minimum atomic E-state index is 0.139. The molecule has 4 heteroatoms. The van der Waals surface area contributed by atoms with E-state index in [1.807, 2.05) is 18.0 Å². The molecule has 0 saturated heterocycles. The van der Waals surface area contributed by atoms with E-state index in [4.69, 9.17) is 0 Å². The third kappa shape index (κ3) is 5.71. The lowest BCUT2D eigenvalue weighted by Gasteiger charge is -2.28. The lowest BCUT2D eigenvalue weighted by molar-refractivity contribution is 0.424. The minimum absolute atomic E-state index is 0.139. The Hall–Kier alpha value is -0.740. The first kappa shape index (κ1) is 17.3. The van der Waals surface area contributed by atoms with E-state index >= 15 is 0 Å². The van der Waals surface area contributed by atoms with E-state index in [2.05, 4.69) is 68.3 Å². The minimum Gasteiger partial charge on any atom is -0.356 e. The number of pyridine rings is 1. The molecule has 1 atom stereocenters. The number of anilines is 1. The first-order valence-corrected chi connectivity index (χ1v) is 8.68. The van der Waals surface area contributed by atoms with Crippen LogP contribution in [0.15, 0.2) is 18.3 Å². The number of thioether (sulfide) groups is 1. The maximum atomic E-state index is 4.52. The fraction of sp³-hybridized carbons (Fsp3) is 0.688. The van der Waals surface area contributed by atoms with Crippen LogP contribution in [-0.2, 0) is 6.54 Å². The lowest BCUT2D eigenvalue weighted by atomic mass is 10.1. The molecule has 1 unspecified atom stereocenters. The Bertz CT molecular complexity index is 401. The van der Waals surface area contributed by atoms with Gasteiger partial charge in [-0.2, -0.15) is 11.8 Å². The highest BCUT2D eigenvalue weighted by atomic mass is 32.2. The van der Waals surface area contributed by atoms with Crippen LogP contribution in [0.4, 0.5) is 5.82 Å². The topological polar surface area (TPSA) is 28.2 Å². The van der Waals surface area contributed by atoms with Crippen LogP contribution in [0.3, 0.4) is 0 Å². The highest BCUT2D eigenvalue weighted by molar-refractivity contribution is 7.98. The zero-order chi connectivity index (χ0) is 15.2. The summed E-state index contributed by atoms with van der Waals surface area (Å²) in [6.07, 6.45) is 5.22. The van der Waals surface area contributed by atoms with Crippen molar-refractivity contribution < 1.29 is 0 Å². The van der Waals surface area contributed by atoms with E-state index in [9.17, 15) is 0 Å². The van der Waals surface area contributed by atoms with Crippen molar-refractivity contribution in [3.05, 3.63) is 23.9 Å². The number of hydrogen-bond donors (Lipinski definition) is 1. The first-order valence-electron chi connectivity index (χ1n) is 7.29. The van der Waals surface area contributed by atoms with E-state index < -0.39 is 0 Å². The summed E-state index contributed by atoms with van der Waals surface area (Å²) < 4.78 is 0. The van der Waals surface area contributed by atoms with Gasteiger partial charge in [-0.25, -0.2) is 4.98 Å². The van der Waals surface area contributed by atoms with Gasteiger partial charge in [0.05, 0.1) is 0 Å². The summed E-state index contributed by atoms with van der Waals surface area (Å²) >= 11 is 1.89. The average molecular weight is 295 g/mol. The monoisotopic (exact) mass is 295 g/mol. The molecule has 0 radical (unpaired) electrons. The zero-order valence-electron chi connectivity index (χ0n) is 13.7. The number of nitrogens with zero attached hydrogens (tertiary/aromatic N) is 2. The first-order chi connectivity index (χ1) is 9.37. The van der Waals surface area contributed by atoms with Crippen LogP contribution in [0.1, 0.15) is 39.7 Å². The smallest absolute Gasteiger partial charge is 0.128 e. The molecule has 0 aliphatic rings. The van der Waals surface area contributed by atoms with E-state index in [1.165, 1.54) is 5.56 Å². The van der Waals surface area contributed by atoms with Gasteiger partial charge in [0.25, 0.3) is 0 Å².